The highest BCUT2D eigenvalue weighted by molar-refractivity contribution is 7.13. The number of hydrogen-bond donors (Lipinski definition) is 1. The van der Waals surface area contributed by atoms with Crippen LogP contribution in [0, 0.1) is 6.92 Å². The van der Waals surface area contributed by atoms with Crippen LogP contribution in [0.3, 0.4) is 0 Å². The zero-order valence-corrected chi connectivity index (χ0v) is 22.1. The summed E-state index contributed by atoms with van der Waals surface area (Å²) in [7, 11) is 1.64. The summed E-state index contributed by atoms with van der Waals surface area (Å²) in [5, 5.41) is 3.00. The predicted molar refractivity (Wildman–Crippen MR) is 138 cm³/mol. The minimum Gasteiger partial charge on any atom is -0.383 e. The molecular weight excluding hydrogens is 478 g/mol. The molecule has 1 aromatic heterocycles. The molecule has 2 atom stereocenters. The van der Waals surface area contributed by atoms with Gasteiger partial charge in [-0.3, -0.25) is 19.3 Å². The monoisotopic (exact) mass is 513 g/mol. The lowest BCUT2D eigenvalue weighted by Gasteiger charge is -2.38. The molecule has 36 heavy (non-hydrogen) atoms. The van der Waals surface area contributed by atoms with Gasteiger partial charge in [0.1, 0.15) is 12.1 Å². The van der Waals surface area contributed by atoms with Crippen LogP contribution in [0.1, 0.15) is 31.0 Å². The maximum absolute atomic E-state index is 13.3. The number of likely N-dealkylation sites (tertiary alicyclic amines) is 1. The molecule has 1 unspecified atom stereocenters. The molecule has 10 heteroatoms. The fourth-order valence-corrected chi connectivity index (χ4v) is 5.70. The zero-order valence-electron chi connectivity index (χ0n) is 21.2. The molecule has 0 aliphatic carbocycles. The first kappa shape index (κ1) is 26.2. The first-order valence-electron chi connectivity index (χ1n) is 12.5. The maximum atomic E-state index is 13.3. The number of nitrogens with zero attached hydrogens (tertiary/aromatic N) is 4. The molecule has 0 radical (unpaired) electrons. The van der Waals surface area contributed by atoms with Crippen LogP contribution in [0.4, 0.5) is 0 Å². The highest BCUT2D eigenvalue weighted by Crippen LogP contribution is 2.27. The predicted octanol–water partition coefficient (Wildman–Crippen LogP) is 1.90. The highest BCUT2D eigenvalue weighted by atomic mass is 32.1. The van der Waals surface area contributed by atoms with Gasteiger partial charge in [0.2, 0.25) is 17.7 Å². The van der Waals surface area contributed by atoms with E-state index >= 15 is 0 Å². The minimum atomic E-state index is -0.585. The molecule has 2 saturated heterocycles. The van der Waals surface area contributed by atoms with Crippen LogP contribution in [0.15, 0.2) is 29.8 Å². The van der Waals surface area contributed by atoms with Crippen LogP contribution < -0.4 is 5.32 Å². The summed E-state index contributed by atoms with van der Waals surface area (Å²) in [6.07, 6.45) is 1.41. The van der Waals surface area contributed by atoms with Crippen LogP contribution in [-0.2, 0) is 25.7 Å². The summed E-state index contributed by atoms with van der Waals surface area (Å²) >= 11 is 1.61. The average Bonchev–Trinajstić information content (AvgIpc) is 3.55. The molecule has 1 aromatic carbocycles. The molecule has 9 nitrogen and oxygen atoms in total. The number of ether oxygens (including phenoxy) is 1. The van der Waals surface area contributed by atoms with Crippen LogP contribution in [0.2, 0.25) is 0 Å². The number of aromatic nitrogens is 1. The van der Waals surface area contributed by atoms with E-state index < -0.39 is 12.1 Å². The van der Waals surface area contributed by atoms with Crippen LogP contribution in [0.25, 0.3) is 10.4 Å². The summed E-state index contributed by atoms with van der Waals surface area (Å²) in [6, 6.07) is 7.01. The number of thiazole rings is 1. The number of piperazine rings is 1. The van der Waals surface area contributed by atoms with E-state index in [1.165, 1.54) is 0 Å². The largest absolute Gasteiger partial charge is 0.383 e. The fraction of sp³-hybridized carbons (Fsp3) is 0.538. The van der Waals surface area contributed by atoms with E-state index in [1.807, 2.05) is 41.6 Å². The second-order valence-electron chi connectivity index (χ2n) is 9.40. The van der Waals surface area contributed by atoms with Gasteiger partial charge in [-0.1, -0.05) is 24.3 Å². The molecule has 1 N–H and O–H groups in total. The Kier molecular flexibility index (Phi) is 8.71. The zero-order chi connectivity index (χ0) is 25.7. The van der Waals surface area contributed by atoms with Gasteiger partial charge in [0, 0.05) is 39.8 Å². The second kappa shape index (κ2) is 11.9. The number of carbonyl (C=O) groups excluding carboxylic acids is 3. The molecule has 3 heterocycles. The van der Waals surface area contributed by atoms with E-state index in [0.717, 1.165) is 28.1 Å². The van der Waals surface area contributed by atoms with Gasteiger partial charge in [-0.2, -0.15) is 0 Å². The normalized spacial score (nSPS) is 19.5. The summed E-state index contributed by atoms with van der Waals surface area (Å²) in [5.41, 5.74) is 4.96. The Morgan fingerprint density at radius 2 is 2.00 bits per heavy atom. The lowest BCUT2D eigenvalue weighted by atomic mass is 10.1. The Balaban J connectivity index is 1.31. The van der Waals surface area contributed by atoms with Crippen molar-refractivity contribution < 1.29 is 19.1 Å². The van der Waals surface area contributed by atoms with E-state index in [1.54, 1.807) is 35.2 Å². The van der Waals surface area contributed by atoms with E-state index in [2.05, 4.69) is 10.3 Å². The molecule has 4 rings (SSSR count). The minimum absolute atomic E-state index is 0.0598. The van der Waals surface area contributed by atoms with Crippen molar-refractivity contribution in [3.05, 3.63) is 41.0 Å². The number of carbonyl (C=O) groups is 3. The molecule has 0 bridgehead atoms. The van der Waals surface area contributed by atoms with Crippen molar-refractivity contribution in [3.8, 4) is 10.4 Å². The van der Waals surface area contributed by atoms with E-state index in [-0.39, 0.29) is 24.3 Å². The van der Waals surface area contributed by atoms with Crippen molar-refractivity contribution in [1.29, 1.82) is 0 Å². The van der Waals surface area contributed by atoms with Crippen LogP contribution >= 0.6 is 11.3 Å². The fourth-order valence-electron chi connectivity index (χ4n) is 4.89. The molecule has 2 aromatic rings. The van der Waals surface area contributed by atoms with E-state index in [0.29, 0.717) is 45.8 Å². The third-order valence-electron chi connectivity index (χ3n) is 7.04. The van der Waals surface area contributed by atoms with E-state index in [4.69, 9.17) is 4.74 Å². The smallest absolute Gasteiger partial charge is 0.245 e. The summed E-state index contributed by atoms with van der Waals surface area (Å²) in [5.74, 6) is -0.364. The molecule has 2 aliphatic rings. The quantitative estimate of drug-likeness (QED) is 0.551. The molecule has 194 valence electrons. The number of aryl methyl sites for hydroxylation is 1. The van der Waals surface area contributed by atoms with Gasteiger partial charge in [-0.05, 0) is 37.8 Å². The SMILES string of the molecule is COCCN1CCN(C(C)C(=O)N2CCC[C@H]2C(=O)NCc2ccc(-c3scnc3C)cc2)C(=O)C1. The number of nitrogens with one attached hydrogen (secondary N) is 1. The van der Waals surface area contributed by atoms with Crippen LogP contribution in [0.5, 0.6) is 0 Å². The standard InChI is InChI=1S/C26H35N5O4S/c1-18-24(36-17-28-18)21-8-6-20(7-9-21)15-27-25(33)22-5-4-10-31(22)26(34)19(2)30-12-11-29(13-14-35-3)16-23(30)32/h6-9,17,19,22H,4-5,10-16H2,1-3H3,(H,27,33)/t19?,22-/m0/s1. The maximum Gasteiger partial charge on any atom is 0.245 e. The Hall–Kier alpha value is -2.82. The van der Waals surface area contributed by atoms with Crippen molar-refractivity contribution in [2.45, 2.75) is 45.3 Å². The van der Waals surface area contributed by atoms with Crippen molar-refractivity contribution in [2.75, 3.05) is 46.4 Å². The van der Waals surface area contributed by atoms with Crippen molar-refractivity contribution in [3.63, 3.8) is 0 Å². The van der Waals surface area contributed by atoms with Gasteiger partial charge in [-0.15, -0.1) is 11.3 Å². The lowest BCUT2D eigenvalue weighted by molar-refractivity contribution is -0.150. The first-order chi connectivity index (χ1) is 17.4. The summed E-state index contributed by atoms with van der Waals surface area (Å²) in [6.45, 7) is 7.45. The molecule has 2 fully saturated rings. The highest BCUT2D eigenvalue weighted by Gasteiger charge is 2.39. The number of hydrogen-bond acceptors (Lipinski definition) is 7. The van der Waals surface area contributed by atoms with Gasteiger partial charge in [-0.25, -0.2) is 4.98 Å². The Bertz CT molecular complexity index is 1070. The van der Waals surface area contributed by atoms with E-state index in [9.17, 15) is 14.4 Å². The van der Waals surface area contributed by atoms with Gasteiger partial charge in [0.15, 0.2) is 0 Å². The van der Waals surface area contributed by atoms with Gasteiger partial charge >= 0.3 is 0 Å². The molecular formula is C26H35N5O4S. The number of benzene rings is 1. The lowest BCUT2D eigenvalue weighted by Crippen LogP contribution is -2.59. The molecule has 0 spiro atoms. The number of rotatable bonds is 9. The molecule has 2 aliphatic heterocycles. The van der Waals surface area contributed by atoms with Gasteiger partial charge in [0.25, 0.3) is 0 Å². The number of methoxy groups -OCH3 is 1. The summed E-state index contributed by atoms with van der Waals surface area (Å²) < 4.78 is 5.10. The Labute approximate surface area is 216 Å². The number of amides is 3. The van der Waals surface area contributed by atoms with Crippen molar-refractivity contribution in [1.82, 2.24) is 25.0 Å². The van der Waals surface area contributed by atoms with Crippen LogP contribution in [-0.4, -0.2) is 95.9 Å². The molecule has 0 saturated carbocycles. The topological polar surface area (TPSA) is 95.1 Å². The van der Waals surface area contributed by atoms with Gasteiger partial charge < -0.3 is 19.9 Å². The summed E-state index contributed by atoms with van der Waals surface area (Å²) in [4.78, 5) is 49.8. The Morgan fingerprint density at radius 1 is 1.22 bits per heavy atom. The average molecular weight is 514 g/mol. The third-order valence-corrected chi connectivity index (χ3v) is 8.02. The van der Waals surface area contributed by atoms with Gasteiger partial charge in [0.05, 0.1) is 29.2 Å². The second-order valence-corrected chi connectivity index (χ2v) is 10.3. The first-order valence-corrected chi connectivity index (χ1v) is 13.4. The van der Waals surface area contributed by atoms with Crippen molar-refractivity contribution in [2.24, 2.45) is 0 Å². The van der Waals surface area contributed by atoms with Crippen molar-refractivity contribution >= 4 is 29.1 Å². The molecule has 3 amide bonds. The third kappa shape index (κ3) is 5.93. The Morgan fingerprint density at radius 3 is 2.67 bits per heavy atom.